The Balaban J connectivity index is 2.09. The Labute approximate surface area is 156 Å². The number of nitrogens with one attached hydrogen (secondary N) is 1. The first-order valence-electron chi connectivity index (χ1n) is 8.04. The number of benzene rings is 1. The lowest BCUT2D eigenvalue weighted by Crippen LogP contribution is -2.22. The lowest BCUT2D eigenvalue weighted by Gasteiger charge is -2.10. The van der Waals surface area contributed by atoms with Crippen molar-refractivity contribution in [1.29, 1.82) is 0 Å². The summed E-state index contributed by atoms with van der Waals surface area (Å²) in [6, 6.07) is 5.33. The van der Waals surface area contributed by atoms with E-state index in [2.05, 4.69) is 27.0 Å². The first-order valence-corrected chi connectivity index (χ1v) is 8.04. The van der Waals surface area contributed by atoms with Gasteiger partial charge in [-0.25, -0.2) is 4.98 Å². The van der Waals surface area contributed by atoms with Crippen LogP contribution in [-0.2, 0) is 0 Å². The van der Waals surface area contributed by atoms with Crippen molar-refractivity contribution in [3.63, 3.8) is 0 Å². The lowest BCUT2D eigenvalue weighted by molar-refractivity contribution is 0.0829. The minimum atomic E-state index is -0.201. The van der Waals surface area contributed by atoms with Crippen LogP contribution in [-0.4, -0.2) is 54.3 Å². The maximum Gasteiger partial charge on any atom is 0.257 e. The average Bonchev–Trinajstić information content (AvgIpc) is 3.10. The highest BCUT2D eigenvalue weighted by molar-refractivity contribution is 6.08. The Morgan fingerprint density at radius 3 is 2.41 bits per heavy atom. The fourth-order valence-electron chi connectivity index (χ4n) is 2.55. The number of aromatic amines is 1. The summed E-state index contributed by atoms with van der Waals surface area (Å²) >= 11 is 0. The maximum absolute atomic E-state index is 12.3. The summed E-state index contributed by atoms with van der Waals surface area (Å²) in [7, 11) is 6.47. The topological polar surface area (TPSA) is 106 Å². The van der Waals surface area contributed by atoms with Crippen molar-refractivity contribution < 1.29 is 14.3 Å². The number of nitrogens with two attached hydrogens (primary N) is 1. The highest BCUT2D eigenvalue weighted by Gasteiger charge is 2.18. The van der Waals surface area contributed by atoms with Crippen LogP contribution in [0.5, 0.6) is 11.5 Å². The van der Waals surface area contributed by atoms with Crippen LogP contribution in [0.4, 0.5) is 5.82 Å². The molecule has 0 aliphatic carbocycles. The van der Waals surface area contributed by atoms with E-state index in [1.807, 2.05) is 0 Å². The van der Waals surface area contributed by atoms with E-state index in [1.54, 1.807) is 46.5 Å². The molecule has 2 aromatic heterocycles. The molecule has 0 spiro atoms. The average molecular weight is 365 g/mol. The van der Waals surface area contributed by atoms with Crippen LogP contribution in [0.25, 0.3) is 10.9 Å². The fourth-order valence-corrected chi connectivity index (χ4v) is 2.55. The molecule has 0 aliphatic rings. The standard InChI is InChI=1S/C19H19N5O3/c1-24(2)19(25)14-10-21-18(20)16-15(22-23-17(14)16)6-5-11-7-12(26-3)9-13(8-11)27-4/h7-10H,1-4H3,(H2,20,21)(H,22,23). The van der Waals surface area contributed by atoms with Crippen molar-refractivity contribution >= 4 is 22.6 Å². The van der Waals surface area contributed by atoms with Crippen molar-refractivity contribution in [2.75, 3.05) is 34.0 Å². The number of carbonyl (C=O) groups excluding carboxylic acids is 1. The Kier molecular flexibility index (Phi) is 4.86. The molecule has 3 rings (SSSR count). The molecule has 0 saturated heterocycles. The zero-order valence-electron chi connectivity index (χ0n) is 15.5. The summed E-state index contributed by atoms with van der Waals surface area (Å²) in [5.41, 5.74) is 7.99. The molecule has 0 atom stereocenters. The smallest absolute Gasteiger partial charge is 0.257 e. The van der Waals surface area contributed by atoms with Crippen LogP contribution in [0.1, 0.15) is 21.6 Å². The molecule has 1 aromatic carbocycles. The van der Waals surface area contributed by atoms with Gasteiger partial charge in [0.1, 0.15) is 23.0 Å². The zero-order valence-corrected chi connectivity index (χ0v) is 15.5. The summed E-state index contributed by atoms with van der Waals surface area (Å²) in [5, 5.41) is 7.57. The normalized spacial score (nSPS) is 10.2. The van der Waals surface area contributed by atoms with Crippen LogP contribution in [0.3, 0.4) is 0 Å². The summed E-state index contributed by atoms with van der Waals surface area (Å²) in [6.45, 7) is 0. The van der Waals surface area contributed by atoms with E-state index < -0.39 is 0 Å². The van der Waals surface area contributed by atoms with Gasteiger partial charge in [-0.2, -0.15) is 5.10 Å². The van der Waals surface area contributed by atoms with E-state index in [1.165, 1.54) is 11.1 Å². The van der Waals surface area contributed by atoms with Crippen molar-refractivity contribution in [3.8, 4) is 23.3 Å². The van der Waals surface area contributed by atoms with Gasteiger partial charge in [0.25, 0.3) is 5.91 Å². The highest BCUT2D eigenvalue weighted by Crippen LogP contribution is 2.25. The molecule has 3 aromatic rings. The second-order valence-electron chi connectivity index (χ2n) is 5.93. The lowest BCUT2D eigenvalue weighted by atomic mass is 10.1. The number of hydrogen-bond acceptors (Lipinski definition) is 6. The molecule has 0 unspecified atom stereocenters. The molecule has 0 fully saturated rings. The van der Waals surface area contributed by atoms with Gasteiger partial charge in [0.05, 0.1) is 30.7 Å². The predicted octanol–water partition coefficient (Wildman–Crippen LogP) is 1.66. The second-order valence-corrected chi connectivity index (χ2v) is 5.93. The highest BCUT2D eigenvalue weighted by atomic mass is 16.5. The Bertz CT molecular complexity index is 1050. The van der Waals surface area contributed by atoms with E-state index in [0.29, 0.717) is 39.2 Å². The quantitative estimate of drug-likeness (QED) is 0.684. The van der Waals surface area contributed by atoms with Gasteiger partial charge in [-0.1, -0.05) is 5.92 Å². The summed E-state index contributed by atoms with van der Waals surface area (Å²) < 4.78 is 10.5. The number of amides is 1. The van der Waals surface area contributed by atoms with Gasteiger partial charge in [-0.3, -0.25) is 9.89 Å². The summed E-state index contributed by atoms with van der Waals surface area (Å²) in [5.74, 6) is 7.30. The summed E-state index contributed by atoms with van der Waals surface area (Å²) in [6.07, 6.45) is 1.43. The van der Waals surface area contributed by atoms with Crippen molar-refractivity contribution in [1.82, 2.24) is 20.1 Å². The number of fused-ring (bicyclic) bond motifs is 1. The van der Waals surface area contributed by atoms with Crippen LogP contribution in [0.2, 0.25) is 0 Å². The van der Waals surface area contributed by atoms with Gasteiger partial charge in [-0.05, 0) is 18.1 Å². The molecule has 8 heteroatoms. The molecule has 0 radical (unpaired) electrons. The van der Waals surface area contributed by atoms with E-state index in [0.717, 1.165) is 0 Å². The molecule has 8 nitrogen and oxygen atoms in total. The number of nitrogen functional groups attached to an aromatic ring is 1. The molecule has 1 amide bonds. The number of nitrogens with zero attached hydrogens (tertiary/aromatic N) is 3. The van der Waals surface area contributed by atoms with Gasteiger partial charge >= 0.3 is 0 Å². The number of rotatable bonds is 3. The van der Waals surface area contributed by atoms with E-state index >= 15 is 0 Å². The molecular formula is C19H19N5O3. The van der Waals surface area contributed by atoms with Crippen LogP contribution in [0.15, 0.2) is 24.4 Å². The Morgan fingerprint density at radius 1 is 1.15 bits per heavy atom. The Hall–Kier alpha value is -3.73. The van der Waals surface area contributed by atoms with E-state index in [-0.39, 0.29) is 11.7 Å². The summed E-state index contributed by atoms with van der Waals surface area (Å²) in [4.78, 5) is 17.9. The third-order valence-electron chi connectivity index (χ3n) is 3.94. The van der Waals surface area contributed by atoms with Gasteiger partial charge in [0.15, 0.2) is 0 Å². The van der Waals surface area contributed by atoms with Crippen molar-refractivity contribution in [2.24, 2.45) is 0 Å². The molecule has 2 heterocycles. The largest absolute Gasteiger partial charge is 0.497 e. The zero-order chi connectivity index (χ0) is 19.6. The number of anilines is 1. The molecule has 0 aliphatic heterocycles. The number of hydrogen-bond donors (Lipinski definition) is 2. The first kappa shape index (κ1) is 18.1. The third kappa shape index (κ3) is 3.48. The van der Waals surface area contributed by atoms with Gasteiger partial charge < -0.3 is 20.1 Å². The molecule has 3 N–H and O–H groups in total. The van der Waals surface area contributed by atoms with E-state index in [9.17, 15) is 4.79 Å². The molecule has 138 valence electrons. The number of pyridine rings is 1. The van der Waals surface area contributed by atoms with Crippen LogP contribution < -0.4 is 15.2 Å². The third-order valence-corrected chi connectivity index (χ3v) is 3.94. The van der Waals surface area contributed by atoms with Gasteiger partial charge in [0.2, 0.25) is 0 Å². The SMILES string of the molecule is COc1cc(C#Cc2n[nH]c3c(C(=O)N(C)C)cnc(N)c23)cc(OC)c1. The first-order chi connectivity index (χ1) is 12.9. The van der Waals surface area contributed by atoms with Crippen LogP contribution in [0, 0.1) is 11.8 Å². The minimum absolute atomic E-state index is 0.201. The predicted molar refractivity (Wildman–Crippen MR) is 102 cm³/mol. The monoisotopic (exact) mass is 365 g/mol. The molecule has 0 saturated carbocycles. The molecular weight excluding hydrogens is 346 g/mol. The number of carbonyl (C=O) groups is 1. The number of methoxy groups -OCH3 is 2. The minimum Gasteiger partial charge on any atom is -0.497 e. The molecule has 27 heavy (non-hydrogen) atoms. The number of aromatic nitrogens is 3. The maximum atomic E-state index is 12.3. The van der Waals surface area contributed by atoms with Gasteiger partial charge in [-0.15, -0.1) is 0 Å². The fraction of sp³-hybridized carbons (Fsp3) is 0.211. The van der Waals surface area contributed by atoms with Crippen molar-refractivity contribution in [3.05, 3.63) is 41.2 Å². The number of H-pyrrole nitrogens is 1. The van der Waals surface area contributed by atoms with Gasteiger partial charge in [0, 0.05) is 31.9 Å². The van der Waals surface area contributed by atoms with Crippen molar-refractivity contribution in [2.45, 2.75) is 0 Å². The molecule has 0 bridgehead atoms. The van der Waals surface area contributed by atoms with Crippen LogP contribution >= 0.6 is 0 Å². The number of ether oxygens (including phenoxy) is 2. The van der Waals surface area contributed by atoms with E-state index in [4.69, 9.17) is 15.2 Å². The second kappa shape index (κ2) is 7.25. The Morgan fingerprint density at radius 2 is 1.81 bits per heavy atom.